The number of ether oxygens (including phenoxy) is 1. The van der Waals surface area contributed by atoms with Crippen molar-refractivity contribution in [3.8, 4) is 17.0 Å². The van der Waals surface area contributed by atoms with Gasteiger partial charge < -0.3 is 21.1 Å². The number of esters is 1. The van der Waals surface area contributed by atoms with Crippen LogP contribution >= 0.6 is 12.2 Å². The Morgan fingerprint density at radius 2 is 1.72 bits per heavy atom. The second kappa shape index (κ2) is 11.3. The number of aromatic nitrogens is 2. The molecule has 0 amide bonds. The summed E-state index contributed by atoms with van der Waals surface area (Å²) in [5.74, 6) is 0.911. The Balaban J connectivity index is 1.59. The number of hydrogen-bond donors (Lipinski definition) is 3. The zero-order valence-corrected chi connectivity index (χ0v) is 18.9. The van der Waals surface area contributed by atoms with Crippen LogP contribution in [0.15, 0.2) is 66.7 Å². The number of hydrogen-bond acceptors (Lipinski definition) is 6. The van der Waals surface area contributed by atoms with Gasteiger partial charge in [-0.2, -0.15) is 0 Å². The normalized spacial score (nSPS) is 11.6. The molecule has 2 aromatic carbocycles. The average Bonchev–Trinajstić information content (AvgIpc) is 2.75. The molecule has 0 spiro atoms. The highest BCUT2D eigenvalue weighted by Gasteiger charge is 2.15. The first-order valence-electron chi connectivity index (χ1n) is 10.4. The van der Waals surface area contributed by atoms with Gasteiger partial charge >= 0.3 is 5.97 Å². The number of nitrogens with two attached hydrogens (primary N) is 1. The van der Waals surface area contributed by atoms with Gasteiger partial charge in [0.15, 0.2) is 16.7 Å². The van der Waals surface area contributed by atoms with Crippen LogP contribution in [0.25, 0.3) is 11.3 Å². The van der Waals surface area contributed by atoms with Crippen molar-refractivity contribution < 1.29 is 9.53 Å². The molecule has 0 saturated carbocycles. The molecular formula is C24H27N5O2S. The van der Waals surface area contributed by atoms with Crippen LogP contribution in [-0.2, 0) is 4.79 Å². The van der Waals surface area contributed by atoms with Gasteiger partial charge in [0.2, 0.25) is 0 Å². The molecule has 4 N–H and O–H groups in total. The molecule has 3 rings (SSSR count). The van der Waals surface area contributed by atoms with E-state index in [2.05, 4.69) is 34.7 Å². The topological polar surface area (TPSA) is 102 Å². The van der Waals surface area contributed by atoms with Crippen LogP contribution < -0.4 is 21.1 Å². The highest BCUT2D eigenvalue weighted by atomic mass is 32.1. The van der Waals surface area contributed by atoms with Crippen LogP contribution in [0.5, 0.6) is 5.75 Å². The van der Waals surface area contributed by atoms with Crippen molar-refractivity contribution in [1.82, 2.24) is 10.2 Å². The Bertz CT molecular complexity index is 1040. The Kier molecular flexibility index (Phi) is 8.24. The Labute approximate surface area is 193 Å². The molecule has 0 saturated heterocycles. The molecule has 3 aromatic rings. The molecule has 0 radical (unpaired) electrons. The lowest BCUT2D eigenvalue weighted by molar-refractivity contribution is -0.134. The third-order valence-corrected chi connectivity index (χ3v) is 4.74. The van der Waals surface area contributed by atoms with Crippen LogP contribution in [0.2, 0.25) is 0 Å². The second-order valence-electron chi connectivity index (χ2n) is 7.81. The van der Waals surface area contributed by atoms with Crippen LogP contribution in [0, 0.1) is 5.92 Å². The first kappa shape index (κ1) is 23.3. The third-order valence-electron chi connectivity index (χ3n) is 4.54. The van der Waals surface area contributed by atoms with Crippen molar-refractivity contribution in [3.63, 3.8) is 0 Å². The van der Waals surface area contributed by atoms with Crippen molar-refractivity contribution in [1.29, 1.82) is 0 Å². The number of thiocarbonyl (C=S) groups is 1. The second-order valence-corrected chi connectivity index (χ2v) is 8.22. The monoisotopic (exact) mass is 449 g/mol. The molecule has 1 unspecified atom stereocenters. The summed E-state index contributed by atoms with van der Waals surface area (Å²) in [7, 11) is 0. The third kappa shape index (κ3) is 7.11. The molecule has 0 aliphatic rings. The number of anilines is 2. The molecule has 1 heterocycles. The Morgan fingerprint density at radius 3 is 2.41 bits per heavy atom. The molecule has 1 aromatic heterocycles. The highest BCUT2D eigenvalue weighted by molar-refractivity contribution is 7.80. The summed E-state index contributed by atoms with van der Waals surface area (Å²) in [6.07, 6.45) is 0.908. The summed E-state index contributed by atoms with van der Waals surface area (Å²) in [5, 5.41) is 14.7. The highest BCUT2D eigenvalue weighted by Crippen LogP contribution is 2.25. The Hall–Kier alpha value is -3.36. The number of nitrogens with zero attached hydrogens (tertiary/aromatic N) is 2. The van der Waals surface area contributed by atoms with Gasteiger partial charge in [0.25, 0.3) is 0 Å². The van der Waals surface area contributed by atoms with Crippen LogP contribution in [0.4, 0.5) is 11.5 Å². The summed E-state index contributed by atoms with van der Waals surface area (Å²) in [6.45, 7) is 4.13. The Morgan fingerprint density at radius 1 is 1.00 bits per heavy atom. The van der Waals surface area contributed by atoms with E-state index < -0.39 is 0 Å². The number of nitrogens with one attached hydrogen (secondary N) is 2. The van der Waals surface area contributed by atoms with Crippen molar-refractivity contribution in [2.24, 2.45) is 11.7 Å². The molecule has 0 aliphatic carbocycles. The summed E-state index contributed by atoms with van der Waals surface area (Å²) in [6, 6.07) is 20.3. The predicted molar refractivity (Wildman–Crippen MR) is 131 cm³/mol. The minimum Gasteiger partial charge on any atom is -0.424 e. The summed E-state index contributed by atoms with van der Waals surface area (Å²) < 4.78 is 5.52. The minimum atomic E-state index is -0.381. The average molecular weight is 450 g/mol. The van der Waals surface area contributed by atoms with E-state index in [4.69, 9.17) is 22.7 Å². The van der Waals surface area contributed by atoms with Gasteiger partial charge in [0.1, 0.15) is 0 Å². The number of carbonyl (C=O) groups excluding carboxylic acids is 1. The van der Waals surface area contributed by atoms with Crippen molar-refractivity contribution in [2.75, 3.05) is 10.6 Å². The van der Waals surface area contributed by atoms with E-state index in [-0.39, 0.29) is 18.4 Å². The van der Waals surface area contributed by atoms with Gasteiger partial charge in [0, 0.05) is 11.6 Å². The largest absolute Gasteiger partial charge is 0.424 e. The van der Waals surface area contributed by atoms with Gasteiger partial charge in [0.05, 0.1) is 17.8 Å². The predicted octanol–water partition coefficient (Wildman–Crippen LogP) is 4.62. The van der Waals surface area contributed by atoms with Crippen molar-refractivity contribution in [2.45, 2.75) is 32.7 Å². The number of carbonyl (C=O) groups is 1. The lowest BCUT2D eigenvalue weighted by atomic mass is 10.0. The molecule has 1 atom stereocenters. The first-order chi connectivity index (χ1) is 15.4. The van der Waals surface area contributed by atoms with Crippen LogP contribution in [0.3, 0.4) is 0 Å². The zero-order valence-electron chi connectivity index (χ0n) is 18.1. The van der Waals surface area contributed by atoms with E-state index in [1.165, 1.54) is 0 Å². The number of rotatable bonds is 8. The lowest BCUT2D eigenvalue weighted by Gasteiger charge is -2.16. The van der Waals surface area contributed by atoms with Gasteiger partial charge in [-0.25, -0.2) is 0 Å². The smallest absolute Gasteiger partial charge is 0.312 e. The molecular weight excluding hydrogens is 422 g/mol. The summed E-state index contributed by atoms with van der Waals surface area (Å²) in [4.78, 5) is 12.3. The fourth-order valence-electron chi connectivity index (χ4n) is 3.16. The minimum absolute atomic E-state index is 0.151. The fraction of sp³-hybridized carbons (Fsp3) is 0.250. The van der Waals surface area contributed by atoms with Crippen molar-refractivity contribution >= 4 is 34.8 Å². The van der Waals surface area contributed by atoms with Gasteiger partial charge in [-0.15, -0.1) is 10.2 Å². The molecule has 166 valence electrons. The standard InChI is InChI=1S/C24H27N5O2S/c1-16(2)14-18(25)15-23(30)31-21-11-7-6-10-20(21)26-24(32)27-22-13-12-19(28-29-22)17-8-4-3-5-9-17/h3-13,16,18H,14-15,25H2,1-2H3,(H2,26,27,29,32). The van der Waals surface area contributed by atoms with Gasteiger partial charge in [-0.3, -0.25) is 4.79 Å². The maximum absolute atomic E-state index is 12.3. The summed E-state index contributed by atoms with van der Waals surface area (Å²) in [5.41, 5.74) is 8.33. The maximum Gasteiger partial charge on any atom is 0.312 e. The molecule has 0 bridgehead atoms. The molecule has 0 fully saturated rings. The van der Waals surface area contributed by atoms with E-state index in [1.54, 1.807) is 24.3 Å². The van der Waals surface area contributed by atoms with E-state index in [1.807, 2.05) is 42.5 Å². The van der Waals surface area contributed by atoms with Gasteiger partial charge in [-0.05, 0) is 48.8 Å². The number of para-hydroxylation sites is 2. The first-order valence-corrected chi connectivity index (χ1v) is 10.8. The van der Waals surface area contributed by atoms with Crippen LogP contribution in [0.1, 0.15) is 26.7 Å². The molecule has 7 nitrogen and oxygen atoms in total. The number of benzene rings is 2. The SMILES string of the molecule is CC(C)CC(N)CC(=O)Oc1ccccc1NC(=S)Nc1ccc(-c2ccccc2)nn1. The van der Waals surface area contributed by atoms with E-state index >= 15 is 0 Å². The quantitative estimate of drug-likeness (QED) is 0.260. The molecule has 0 aliphatic heterocycles. The van der Waals surface area contributed by atoms with Crippen LogP contribution in [-0.4, -0.2) is 27.3 Å². The summed E-state index contributed by atoms with van der Waals surface area (Å²) >= 11 is 5.38. The van der Waals surface area contributed by atoms with E-state index in [0.717, 1.165) is 17.7 Å². The zero-order chi connectivity index (χ0) is 22.9. The molecule has 8 heteroatoms. The van der Waals surface area contributed by atoms with E-state index in [0.29, 0.717) is 28.3 Å². The van der Waals surface area contributed by atoms with E-state index in [9.17, 15) is 4.79 Å². The van der Waals surface area contributed by atoms with Crippen molar-refractivity contribution in [3.05, 3.63) is 66.7 Å². The maximum atomic E-state index is 12.3. The molecule has 32 heavy (non-hydrogen) atoms. The lowest BCUT2D eigenvalue weighted by Crippen LogP contribution is -2.28. The fourth-order valence-corrected chi connectivity index (χ4v) is 3.37. The van der Waals surface area contributed by atoms with Gasteiger partial charge in [-0.1, -0.05) is 56.3 Å².